The highest BCUT2D eigenvalue weighted by Gasteiger charge is 2.75. The largest absolute Gasteiger partial charge is 0.491 e. The molecule has 2 fully saturated rings. The average Bonchev–Trinajstić information content (AvgIpc) is 3.86. The number of nitro groups is 1. The number of imide groups is 1. The van der Waals surface area contributed by atoms with E-state index < -0.39 is 77.1 Å². The number of morpholine rings is 1. The number of aliphatic hydroxyl groups is 3. The summed E-state index contributed by atoms with van der Waals surface area (Å²) < 4.78 is 18.1. The summed E-state index contributed by atoms with van der Waals surface area (Å²) in [7, 11) is 0. The number of hydrogen-bond donors (Lipinski definition) is 4. The molecule has 2 saturated heterocycles. The lowest BCUT2D eigenvalue weighted by atomic mass is 9.65. The molecule has 16 heteroatoms. The molecule has 0 bridgehead atoms. The maximum atomic E-state index is 16.5. The van der Waals surface area contributed by atoms with Crippen LogP contribution >= 0.6 is 0 Å². The van der Waals surface area contributed by atoms with Gasteiger partial charge in [-0.3, -0.25) is 29.4 Å². The van der Waals surface area contributed by atoms with Crippen molar-refractivity contribution in [1.82, 2.24) is 10.2 Å². The topological polar surface area (TPSA) is 218 Å². The quantitative estimate of drug-likeness (QED) is 0.0395. The van der Waals surface area contributed by atoms with E-state index in [9.17, 15) is 30.2 Å². The zero-order chi connectivity index (χ0) is 49.6. The van der Waals surface area contributed by atoms with Crippen molar-refractivity contribution in [3.63, 3.8) is 0 Å². The second-order valence-corrected chi connectivity index (χ2v) is 17.2. The van der Waals surface area contributed by atoms with Crippen LogP contribution in [0.5, 0.6) is 5.75 Å². The molecule has 360 valence electrons. The van der Waals surface area contributed by atoms with Crippen LogP contribution in [-0.2, 0) is 35.9 Å². The summed E-state index contributed by atoms with van der Waals surface area (Å²) in [6, 6.07) is 40.2. The molecule has 3 aliphatic heterocycles. The second kappa shape index (κ2) is 20.8. The van der Waals surface area contributed by atoms with Crippen molar-refractivity contribution in [3.05, 3.63) is 207 Å². The van der Waals surface area contributed by atoms with Crippen molar-refractivity contribution in [3.8, 4) is 17.6 Å². The van der Waals surface area contributed by atoms with E-state index in [0.29, 0.717) is 39.1 Å². The van der Waals surface area contributed by atoms with Crippen LogP contribution in [-0.4, -0.2) is 81.4 Å². The van der Waals surface area contributed by atoms with Crippen molar-refractivity contribution < 1.29 is 53.6 Å². The highest BCUT2D eigenvalue weighted by Crippen LogP contribution is 2.66. The fourth-order valence-corrected chi connectivity index (χ4v) is 10.1. The lowest BCUT2D eigenvalue weighted by Crippen LogP contribution is -2.56. The smallest absolute Gasteiger partial charge is 0.421 e. The number of nitrogens with zero attached hydrogens (tertiary/aromatic N) is 3. The van der Waals surface area contributed by atoms with E-state index in [0.717, 1.165) is 4.90 Å². The molecule has 0 saturated carbocycles. The van der Waals surface area contributed by atoms with E-state index in [1.54, 1.807) is 66.7 Å². The maximum Gasteiger partial charge on any atom is 0.421 e. The first-order valence-corrected chi connectivity index (χ1v) is 23.0. The summed E-state index contributed by atoms with van der Waals surface area (Å²) >= 11 is 0. The molecule has 3 aliphatic rings. The number of benzene rings is 6. The number of nitrogens with one attached hydrogen (secondary N) is 1. The van der Waals surface area contributed by atoms with Crippen LogP contribution in [0.15, 0.2) is 158 Å². The Morgan fingerprint density at radius 1 is 0.803 bits per heavy atom. The number of non-ortho nitro benzene ring substituents is 1. The van der Waals surface area contributed by atoms with Gasteiger partial charge in [-0.05, 0) is 75.8 Å². The van der Waals surface area contributed by atoms with E-state index in [2.05, 4.69) is 17.2 Å². The van der Waals surface area contributed by atoms with E-state index in [-0.39, 0.29) is 49.7 Å². The molecule has 6 aromatic rings. The van der Waals surface area contributed by atoms with Gasteiger partial charge in [-0.2, -0.15) is 0 Å². The fourth-order valence-electron chi connectivity index (χ4n) is 10.1. The Morgan fingerprint density at radius 3 is 2.11 bits per heavy atom. The number of nitro benzene ring substituents is 1. The first-order valence-electron chi connectivity index (χ1n) is 23.0. The number of cyclic esters (lactones) is 1. The predicted octanol–water partition coefficient (Wildman–Crippen LogP) is 6.55. The Bertz CT molecular complexity index is 2980. The minimum absolute atomic E-state index is 0.0123. The van der Waals surface area contributed by atoms with Crippen LogP contribution < -0.4 is 15.0 Å². The lowest BCUT2D eigenvalue weighted by molar-refractivity contribution is -0.384. The second-order valence-electron chi connectivity index (χ2n) is 17.2. The normalized spacial score (nSPS) is 21.6. The summed E-state index contributed by atoms with van der Waals surface area (Å²) in [4.78, 5) is 75.9. The highest BCUT2D eigenvalue weighted by atomic mass is 16.6. The van der Waals surface area contributed by atoms with Crippen molar-refractivity contribution in [2.24, 2.45) is 5.92 Å². The number of rotatable bonds is 14. The van der Waals surface area contributed by atoms with Gasteiger partial charge < -0.3 is 34.8 Å². The number of aliphatic hydroxyl groups excluding tert-OH is 3. The van der Waals surface area contributed by atoms with Crippen molar-refractivity contribution in [2.45, 2.75) is 48.8 Å². The van der Waals surface area contributed by atoms with Gasteiger partial charge in [0.2, 0.25) is 11.8 Å². The molecule has 0 unspecified atom stereocenters. The molecule has 6 aromatic carbocycles. The van der Waals surface area contributed by atoms with Crippen molar-refractivity contribution >= 4 is 35.3 Å². The number of carbonyl (C=O) groups excluding carboxylic acids is 4. The Morgan fingerprint density at radius 2 is 1.46 bits per heavy atom. The molecule has 0 aliphatic carbocycles. The van der Waals surface area contributed by atoms with Gasteiger partial charge in [-0.25, -0.2) is 9.69 Å². The summed E-state index contributed by atoms with van der Waals surface area (Å²) in [6.07, 6.45) is -3.22. The number of esters is 1. The maximum absolute atomic E-state index is 16.5. The molecule has 7 atom stereocenters. The summed E-state index contributed by atoms with van der Waals surface area (Å²) in [5, 5.41) is 45.0. The van der Waals surface area contributed by atoms with Crippen LogP contribution in [0.1, 0.15) is 69.7 Å². The van der Waals surface area contributed by atoms with Gasteiger partial charge in [0, 0.05) is 30.7 Å². The molecule has 16 nitrogen and oxygen atoms in total. The number of ether oxygens (including phenoxy) is 3. The molecule has 0 aromatic heterocycles. The zero-order valence-corrected chi connectivity index (χ0v) is 38.1. The number of amides is 3. The fraction of sp³-hybridized carbons (Fsp3) is 0.236. The number of hydrogen-bond acceptors (Lipinski definition) is 13. The third-order valence-corrected chi connectivity index (χ3v) is 13.1. The van der Waals surface area contributed by atoms with E-state index >= 15 is 14.4 Å². The molecule has 71 heavy (non-hydrogen) atoms. The van der Waals surface area contributed by atoms with Gasteiger partial charge in [-0.15, -0.1) is 0 Å². The molecular weight excluding hydrogens is 909 g/mol. The summed E-state index contributed by atoms with van der Waals surface area (Å²) in [6.45, 7) is -1.23. The summed E-state index contributed by atoms with van der Waals surface area (Å²) in [5.74, 6) is 2.10. The summed E-state index contributed by atoms with van der Waals surface area (Å²) in [5.41, 5.74) is 0.820. The minimum Gasteiger partial charge on any atom is -0.491 e. The Labute approximate surface area is 408 Å². The van der Waals surface area contributed by atoms with Crippen molar-refractivity contribution in [2.75, 3.05) is 31.3 Å². The minimum atomic E-state index is -2.19. The molecular formula is C55H48N4O12. The molecule has 3 heterocycles. The number of fused-ring (bicyclic) bond motifs is 3. The molecule has 9 rings (SSSR count). The van der Waals surface area contributed by atoms with Gasteiger partial charge in [0.15, 0.2) is 0 Å². The van der Waals surface area contributed by atoms with Gasteiger partial charge in [-0.1, -0.05) is 115 Å². The van der Waals surface area contributed by atoms with Crippen LogP contribution in [0, 0.1) is 27.9 Å². The van der Waals surface area contributed by atoms with E-state index in [4.69, 9.17) is 14.2 Å². The third-order valence-electron chi connectivity index (χ3n) is 13.1. The first-order chi connectivity index (χ1) is 34.6. The Balaban J connectivity index is 1.29. The molecule has 0 radical (unpaired) electrons. The molecule has 3 amide bonds. The number of carbonyl (C=O) groups is 4. The van der Waals surface area contributed by atoms with Gasteiger partial charge in [0.1, 0.15) is 36.5 Å². The predicted molar refractivity (Wildman–Crippen MR) is 257 cm³/mol. The van der Waals surface area contributed by atoms with Gasteiger partial charge in [0.05, 0.1) is 47.9 Å². The van der Waals surface area contributed by atoms with Crippen molar-refractivity contribution in [1.29, 1.82) is 0 Å². The molecule has 1 spiro atoms. The number of anilines is 1. The zero-order valence-electron chi connectivity index (χ0n) is 38.1. The van der Waals surface area contributed by atoms with Crippen LogP contribution in [0.2, 0.25) is 0 Å². The van der Waals surface area contributed by atoms with Gasteiger partial charge in [0.25, 0.3) is 5.69 Å². The molecule has 4 N–H and O–H groups in total. The van der Waals surface area contributed by atoms with Crippen LogP contribution in [0.3, 0.4) is 0 Å². The Kier molecular flexibility index (Phi) is 14.0. The average molecular weight is 957 g/mol. The van der Waals surface area contributed by atoms with E-state index in [1.807, 2.05) is 65.6 Å². The van der Waals surface area contributed by atoms with E-state index in [1.165, 1.54) is 30.3 Å². The van der Waals surface area contributed by atoms with Crippen LogP contribution in [0.25, 0.3) is 0 Å². The Hall–Kier alpha value is -8.20. The van der Waals surface area contributed by atoms with Crippen LogP contribution in [0.4, 0.5) is 16.2 Å². The lowest BCUT2D eigenvalue weighted by Gasteiger charge is -2.46. The highest BCUT2D eigenvalue weighted by molar-refractivity contribution is 6.23. The third kappa shape index (κ3) is 9.10. The first kappa shape index (κ1) is 47.8. The van der Waals surface area contributed by atoms with Gasteiger partial charge >= 0.3 is 12.1 Å². The monoisotopic (exact) mass is 956 g/mol. The standard InChI is InChI=1S/C55H48N4O12/c60-29-11-10-12-35-21-28-44-43(32-35)55(53(65)57(44)54(66)70-34-36-19-24-41(25-20-36)59(67)68)46(51(63)56-33-45(62)37-13-4-1-5-14-37)48-52(64)71-49(39-17-8-3-9-18-39)47(38-15-6-2-7-16-38)58(48)50(55)40-22-26-42(27-23-40)69-31-30-61/h1-9,13-28,32,45-50,60-62H,11,29-31,33-34H2,(H,56,63)/t45-,46-,47-,48-,49+,50+,55-/m0/s1. The SMILES string of the molecule is O=C1O[C@H](c2ccccc2)[C@H](c2ccccc2)N2[C@H]1[C@@H](C(=O)NC[C@H](O)c1ccccc1)[C@]1(C(=O)N(C(=O)OCc3ccc([N+](=O)[O-])cc3)c3ccc(C#CCCO)cc31)[C@H]2c1ccc(OCCO)cc1.